The monoisotopic (exact) mass is 229 g/mol. The van der Waals surface area contributed by atoms with Crippen molar-refractivity contribution in [2.45, 2.75) is 29.2 Å². The first-order chi connectivity index (χ1) is 6.97. The average Bonchev–Trinajstić information content (AvgIpc) is 2.14. The largest absolute Gasteiger partial charge is 0.321 e. The zero-order valence-electron chi connectivity index (χ0n) is 8.47. The first-order valence-electron chi connectivity index (χ1n) is 4.77. The Morgan fingerprint density at radius 1 is 1.27 bits per heavy atom. The van der Waals surface area contributed by atoms with E-state index in [1.54, 1.807) is 11.8 Å². The van der Waals surface area contributed by atoms with Gasteiger partial charge in [0.05, 0.1) is 5.54 Å². The van der Waals surface area contributed by atoms with Gasteiger partial charge in [0, 0.05) is 17.7 Å². The lowest BCUT2D eigenvalue weighted by Gasteiger charge is -2.45. The normalized spacial score (nSPS) is 22.1. The van der Waals surface area contributed by atoms with Gasteiger partial charge in [0.2, 0.25) is 0 Å². The third kappa shape index (κ3) is 1.88. The van der Waals surface area contributed by atoms with Crippen LogP contribution in [0.1, 0.15) is 18.4 Å². The Morgan fingerprint density at radius 2 is 1.87 bits per heavy atom. The molecule has 1 saturated carbocycles. The Morgan fingerprint density at radius 3 is 2.40 bits per heavy atom. The molecule has 0 heterocycles. The molecule has 0 radical (unpaired) electrons. The lowest BCUT2D eigenvalue weighted by molar-refractivity contribution is -0.125. The average molecular weight is 229 g/mol. The van der Waals surface area contributed by atoms with Crippen LogP contribution in [-0.4, -0.2) is 12.2 Å². The second-order valence-electron chi connectivity index (χ2n) is 4.07. The van der Waals surface area contributed by atoms with Gasteiger partial charge in [-0.2, -0.15) is 0 Å². The molecule has 1 fully saturated rings. The fourth-order valence-corrected chi connectivity index (χ4v) is 2.82. The lowest BCUT2D eigenvalue weighted by atomic mass is 9.70. The molecule has 1 aromatic carbocycles. The first-order valence-corrected chi connectivity index (χ1v) is 6.00. The van der Waals surface area contributed by atoms with E-state index in [1.807, 2.05) is 30.5 Å². The summed E-state index contributed by atoms with van der Waals surface area (Å²) in [5, 5.41) is 0. The van der Waals surface area contributed by atoms with Crippen molar-refractivity contribution in [1.82, 2.24) is 0 Å². The molecule has 0 saturated heterocycles. The van der Waals surface area contributed by atoms with Crippen molar-refractivity contribution >= 4 is 11.8 Å². The second-order valence-corrected chi connectivity index (χ2v) is 4.91. The van der Waals surface area contributed by atoms with E-state index in [2.05, 4.69) is 0 Å². The molecule has 15 heavy (non-hydrogen) atoms. The number of hydrogen-bond donors (Lipinski definition) is 1. The maximum atomic E-state index is 12.9. The third-order valence-electron chi connectivity index (χ3n) is 2.79. The van der Waals surface area contributed by atoms with Crippen molar-refractivity contribution in [3.63, 3.8) is 0 Å². The number of hydrogen-bond acceptors (Lipinski definition) is 2. The fraction of sp³-hybridized carbons (Fsp3) is 0.455. The van der Waals surface area contributed by atoms with Crippen molar-refractivity contribution in [1.29, 1.82) is 0 Å². The second kappa shape index (κ2) is 3.46. The van der Waals surface area contributed by atoms with E-state index >= 15 is 0 Å². The summed E-state index contributed by atoms with van der Waals surface area (Å²) in [7, 11) is 0. The minimum atomic E-state index is -2.58. The molecule has 0 unspecified atom stereocenters. The highest BCUT2D eigenvalue weighted by Gasteiger charge is 2.55. The van der Waals surface area contributed by atoms with Crippen LogP contribution in [0.25, 0.3) is 0 Å². The van der Waals surface area contributed by atoms with Gasteiger partial charge in [0.1, 0.15) is 0 Å². The minimum Gasteiger partial charge on any atom is -0.321 e. The molecule has 0 spiro atoms. The molecule has 2 rings (SSSR count). The predicted octanol–water partition coefficient (Wildman–Crippen LogP) is 2.99. The quantitative estimate of drug-likeness (QED) is 0.789. The molecule has 4 heteroatoms. The summed E-state index contributed by atoms with van der Waals surface area (Å²) in [4.78, 5) is 0.996. The van der Waals surface area contributed by atoms with Gasteiger partial charge >= 0.3 is 0 Å². The zero-order chi connectivity index (χ0) is 11.1. The summed E-state index contributed by atoms with van der Waals surface area (Å²) in [6, 6.07) is 7.52. The molecule has 0 aromatic heterocycles. The van der Waals surface area contributed by atoms with Crippen LogP contribution in [0, 0.1) is 0 Å². The van der Waals surface area contributed by atoms with Crippen LogP contribution < -0.4 is 5.73 Å². The predicted molar refractivity (Wildman–Crippen MR) is 58.3 cm³/mol. The van der Waals surface area contributed by atoms with Gasteiger partial charge in [-0.3, -0.25) is 0 Å². The van der Waals surface area contributed by atoms with Crippen LogP contribution in [-0.2, 0) is 5.54 Å². The van der Waals surface area contributed by atoms with Crippen molar-refractivity contribution in [3.05, 3.63) is 29.8 Å². The number of halogens is 2. The SMILES string of the molecule is CSc1ccccc1C1(N)CC(F)(F)C1. The Balaban J connectivity index is 2.31. The lowest BCUT2D eigenvalue weighted by Crippen LogP contribution is -2.55. The Kier molecular flexibility index (Phi) is 2.51. The smallest absolute Gasteiger partial charge is 0.252 e. The van der Waals surface area contributed by atoms with E-state index in [0.29, 0.717) is 0 Å². The highest BCUT2D eigenvalue weighted by molar-refractivity contribution is 7.98. The van der Waals surface area contributed by atoms with E-state index in [0.717, 1.165) is 10.5 Å². The molecule has 0 amide bonds. The first kappa shape index (κ1) is 10.9. The van der Waals surface area contributed by atoms with E-state index in [4.69, 9.17) is 5.73 Å². The molecule has 0 aliphatic heterocycles. The number of alkyl halides is 2. The number of thioether (sulfide) groups is 1. The van der Waals surface area contributed by atoms with Gasteiger partial charge in [-0.25, -0.2) is 8.78 Å². The highest BCUT2D eigenvalue weighted by Crippen LogP contribution is 2.51. The minimum absolute atomic E-state index is 0.239. The van der Waals surface area contributed by atoms with E-state index in [9.17, 15) is 8.78 Å². The molecule has 1 aliphatic rings. The summed E-state index contributed by atoms with van der Waals surface area (Å²) in [6.45, 7) is 0. The summed E-state index contributed by atoms with van der Waals surface area (Å²) in [5.74, 6) is -2.58. The molecule has 0 bridgehead atoms. The van der Waals surface area contributed by atoms with E-state index < -0.39 is 11.5 Å². The maximum absolute atomic E-state index is 12.9. The van der Waals surface area contributed by atoms with Gasteiger partial charge in [0.25, 0.3) is 5.92 Å². The van der Waals surface area contributed by atoms with Crippen molar-refractivity contribution < 1.29 is 8.78 Å². The van der Waals surface area contributed by atoms with Gasteiger partial charge in [-0.15, -0.1) is 11.8 Å². The molecule has 1 nitrogen and oxygen atoms in total. The zero-order valence-corrected chi connectivity index (χ0v) is 9.28. The fourth-order valence-electron chi connectivity index (χ4n) is 2.12. The van der Waals surface area contributed by atoms with E-state index in [-0.39, 0.29) is 12.8 Å². The maximum Gasteiger partial charge on any atom is 0.252 e. The topological polar surface area (TPSA) is 26.0 Å². The summed E-state index contributed by atoms with van der Waals surface area (Å²) in [5.41, 5.74) is 6.00. The van der Waals surface area contributed by atoms with Crippen LogP contribution in [0.2, 0.25) is 0 Å². The Hall–Kier alpha value is -0.610. The van der Waals surface area contributed by atoms with Crippen molar-refractivity contribution in [2.75, 3.05) is 6.26 Å². The summed E-state index contributed by atoms with van der Waals surface area (Å²) < 4.78 is 25.7. The Labute approximate surface area is 92.0 Å². The number of rotatable bonds is 2. The van der Waals surface area contributed by atoms with Gasteiger partial charge in [-0.1, -0.05) is 18.2 Å². The highest BCUT2D eigenvalue weighted by atomic mass is 32.2. The molecular weight excluding hydrogens is 216 g/mol. The standard InChI is InChI=1S/C11H13F2NS/c1-15-9-5-3-2-4-8(9)10(14)6-11(12,13)7-10/h2-5H,6-7,14H2,1H3. The molecule has 82 valence electrons. The number of nitrogens with two attached hydrogens (primary N) is 1. The molecule has 0 atom stereocenters. The van der Waals surface area contributed by atoms with Gasteiger partial charge in [0.15, 0.2) is 0 Å². The van der Waals surface area contributed by atoms with Crippen LogP contribution in [0.15, 0.2) is 29.2 Å². The van der Waals surface area contributed by atoms with E-state index in [1.165, 1.54) is 0 Å². The van der Waals surface area contributed by atoms with Crippen molar-refractivity contribution in [2.24, 2.45) is 5.73 Å². The van der Waals surface area contributed by atoms with Crippen molar-refractivity contribution in [3.8, 4) is 0 Å². The van der Waals surface area contributed by atoms with Crippen LogP contribution in [0.4, 0.5) is 8.78 Å². The Bertz CT molecular complexity index is 371. The van der Waals surface area contributed by atoms with Crippen LogP contribution >= 0.6 is 11.8 Å². The molecule has 1 aromatic rings. The van der Waals surface area contributed by atoms with Gasteiger partial charge in [-0.05, 0) is 17.9 Å². The third-order valence-corrected chi connectivity index (χ3v) is 3.59. The summed E-state index contributed by atoms with van der Waals surface area (Å²) >= 11 is 1.55. The molecule has 1 aliphatic carbocycles. The van der Waals surface area contributed by atoms with Crippen LogP contribution in [0.5, 0.6) is 0 Å². The number of benzene rings is 1. The van der Waals surface area contributed by atoms with Gasteiger partial charge < -0.3 is 5.73 Å². The van der Waals surface area contributed by atoms with Crippen LogP contribution in [0.3, 0.4) is 0 Å². The summed E-state index contributed by atoms with van der Waals surface area (Å²) in [6.07, 6.45) is 1.45. The molecular formula is C11H13F2NS. The molecule has 2 N–H and O–H groups in total.